The van der Waals surface area contributed by atoms with Gasteiger partial charge in [-0.2, -0.15) is 5.41 Å². The van der Waals surface area contributed by atoms with Crippen molar-refractivity contribution in [2.24, 2.45) is 15.7 Å². The van der Waals surface area contributed by atoms with Crippen LogP contribution in [0.5, 0.6) is 0 Å². The second kappa shape index (κ2) is 13.2. The fraction of sp³-hybridized carbons (Fsp3) is 0.778. The van der Waals surface area contributed by atoms with Gasteiger partial charge in [-0.1, -0.05) is 31.1 Å². The largest absolute Gasteiger partial charge is 0.411 e. The molecule has 0 amide bonds. The summed E-state index contributed by atoms with van der Waals surface area (Å²) in [6, 6.07) is 0. The Kier molecular flexibility index (Phi) is 15.7. The summed E-state index contributed by atoms with van der Waals surface area (Å²) in [6.45, 7) is 22.7. The molecule has 0 atom stereocenters. The first-order valence-electron chi connectivity index (χ1n) is 8.22. The predicted molar refractivity (Wildman–Crippen MR) is 103 cm³/mol. The van der Waals surface area contributed by atoms with Crippen molar-refractivity contribution < 1.29 is 43.1 Å². The molecule has 0 bridgehead atoms. The van der Waals surface area contributed by atoms with Gasteiger partial charge in [-0.15, -0.1) is 13.1 Å². The Morgan fingerprint density at radius 2 is 1.08 bits per heavy atom. The molecule has 0 saturated heterocycles. The van der Waals surface area contributed by atoms with Crippen LogP contribution in [-0.2, 0) is 32.7 Å². The third-order valence-corrected chi connectivity index (χ3v) is 3.49. The van der Waals surface area contributed by atoms with E-state index in [0.717, 1.165) is 0 Å². The summed E-state index contributed by atoms with van der Waals surface area (Å²) in [6.07, 6.45) is 2.04. The van der Waals surface area contributed by atoms with Crippen LogP contribution in [0.25, 0.3) is 0 Å². The van der Waals surface area contributed by atoms with Crippen molar-refractivity contribution in [3.05, 3.63) is 13.3 Å². The van der Waals surface area contributed by atoms with Crippen LogP contribution in [0.4, 0.5) is 0 Å². The van der Waals surface area contributed by atoms with Gasteiger partial charge in [0.1, 0.15) is 0 Å². The van der Waals surface area contributed by atoms with Crippen molar-refractivity contribution in [2.75, 3.05) is 13.1 Å². The summed E-state index contributed by atoms with van der Waals surface area (Å²) in [4.78, 5) is 0. The van der Waals surface area contributed by atoms with Gasteiger partial charge in [0.25, 0.3) is 0 Å². The number of oxime groups is 2. The molecule has 0 unspecified atom stereocenters. The number of nitrogens with one attached hydrogen (secondary N) is 2. The van der Waals surface area contributed by atoms with E-state index in [1.165, 1.54) is 0 Å². The third kappa shape index (κ3) is 17.1. The van der Waals surface area contributed by atoms with Gasteiger partial charge in [0.05, 0.1) is 22.5 Å². The van der Waals surface area contributed by atoms with Crippen LogP contribution in [0.1, 0.15) is 62.3 Å². The second-order valence-corrected chi connectivity index (χ2v) is 8.23. The molecule has 0 aliphatic rings. The summed E-state index contributed by atoms with van der Waals surface area (Å²) in [5.41, 5.74) is 0.835. The van der Waals surface area contributed by atoms with E-state index in [2.05, 4.69) is 48.6 Å². The summed E-state index contributed by atoms with van der Waals surface area (Å²) in [5, 5.41) is 30.5. The first kappa shape index (κ1) is 29.7. The molecule has 25 heavy (non-hydrogen) atoms. The summed E-state index contributed by atoms with van der Waals surface area (Å²) in [5.74, 6) is 0. The summed E-state index contributed by atoms with van der Waals surface area (Å²) < 4.78 is 0. The first-order chi connectivity index (χ1) is 10.7. The standard InChI is InChI=1S/C13H27N4O2.C5H11.Y/c1-10(16-18)12(3,4)14-8-7-9-15-13(5,6)11(2)17-19;1-5(2,3)4;/h7,14-15,18-19H,8-9H2,1-6H3;1H2,2-4H3;/q2*-1;/b16-10+,17-11+;;. The average Bonchev–Trinajstić information content (AvgIpc) is 2.42. The molecule has 0 aliphatic heterocycles. The van der Waals surface area contributed by atoms with Gasteiger partial charge in [-0.3, -0.25) is 0 Å². The zero-order valence-electron chi connectivity index (χ0n) is 17.6. The molecule has 0 aromatic heterocycles. The average molecular weight is 431 g/mol. The smallest absolute Gasteiger partial charge is 0.0733 e. The Bertz CT molecular complexity index is 376. The maximum atomic E-state index is 8.76. The van der Waals surface area contributed by atoms with Gasteiger partial charge in [-0.25, -0.2) is 0 Å². The quantitative estimate of drug-likeness (QED) is 0.156. The molecule has 0 spiro atoms. The normalized spacial score (nSPS) is 13.7. The minimum atomic E-state index is -0.344. The van der Waals surface area contributed by atoms with Crippen molar-refractivity contribution >= 4 is 11.4 Å². The van der Waals surface area contributed by atoms with Gasteiger partial charge < -0.3 is 34.4 Å². The van der Waals surface area contributed by atoms with E-state index in [1.807, 2.05) is 34.1 Å². The Balaban J connectivity index is -0.000000704. The monoisotopic (exact) mass is 431 g/mol. The molecule has 0 aromatic rings. The molecule has 0 aromatic carbocycles. The number of hydrogen-bond acceptors (Lipinski definition) is 6. The molecule has 0 heterocycles. The summed E-state index contributed by atoms with van der Waals surface area (Å²) in [7, 11) is 0. The molecule has 1 radical (unpaired) electrons. The molecule has 4 N–H and O–H groups in total. The van der Waals surface area contributed by atoms with Crippen LogP contribution in [0.15, 0.2) is 10.3 Å². The molecule has 6 nitrogen and oxygen atoms in total. The van der Waals surface area contributed by atoms with Crippen molar-refractivity contribution in [2.45, 2.75) is 73.4 Å². The Hall–Kier alpha value is -0.0361. The maximum absolute atomic E-state index is 8.76. The van der Waals surface area contributed by atoms with Crippen molar-refractivity contribution in [3.8, 4) is 0 Å². The Morgan fingerprint density at radius 1 is 0.840 bits per heavy atom. The third-order valence-electron chi connectivity index (χ3n) is 3.49. The predicted octanol–water partition coefficient (Wildman–Crippen LogP) is 3.49. The van der Waals surface area contributed by atoms with Gasteiger partial charge in [0.2, 0.25) is 0 Å². The number of rotatable bonds is 8. The van der Waals surface area contributed by atoms with Crippen LogP contribution in [0.2, 0.25) is 0 Å². The fourth-order valence-corrected chi connectivity index (χ4v) is 1.23. The van der Waals surface area contributed by atoms with E-state index in [1.54, 1.807) is 13.8 Å². The van der Waals surface area contributed by atoms with Crippen LogP contribution in [0.3, 0.4) is 0 Å². The fourth-order valence-electron chi connectivity index (χ4n) is 1.23. The van der Waals surface area contributed by atoms with Crippen molar-refractivity contribution in [1.29, 1.82) is 0 Å². The number of hydrogen-bond donors (Lipinski definition) is 4. The van der Waals surface area contributed by atoms with Crippen LogP contribution in [0, 0.1) is 18.8 Å². The number of nitrogens with zero attached hydrogens (tertiary/aromatic N) is 2. The van der Waals surface area contributed by atoms with E-state index in [-0.39, 0.29) is 49.2 Å². The van der Waals surface area contributed by atoms with Crippen LogP contribution < -0.4 is 10.6 Å². The molecule has 0 aliphatic carbocycles. The molecule has 7 heteroatoms. The van der Waals surface area contributed by atoms with E-state index in [4.69, 9.17) is 10.4 Å². The van der Waals surface area contributed by atoms with Gasteiger partial charge in [-0.05, 0) is 41.5 Å². The van der Waals surface area contributed by atoms with Gasteiger partial charge in [0.15, 0.2) is 0 Å². The molecule has 147 valence electrons. The topological polar surface area (TPSA) is 89.2 Å². The molecule has 0 rings (SSSR count). The zero-order chi connectivity index (χ0) is 19.6. The molecular formula is C18H38N4O2Y-2. The maximum Gasteiger partial charge on any atom is 0.0733 e. The van der Waals surface area contributed by atoms with Crippen molar-refractivity contribution in [1.82, 2.24) is 10.6 Å². The van der Waals surface area contributed by atoms with Crippen LogP contribution in [-0.4, -0.2) is 46.0 Å². The minimum absolute atomic E-state index is 0. The minimum Gasteiger partial charge on any atom is -0.411 e. The zero-order valence-corrected chi connectivity index (χ0v) is 20.4. The Labute approximate surface area is 180 Å². The Morgan fingerprint density at radius 3 is 1.28 bits per heavy atom. The first-order valence-corrected chi connectivity index (χ1v) is 8.22. The SMILES string of the molecule is C/C(=N\O)C(C)(C)NC[CH-]CNC(C)(C)/C(C)=N/O.[CH2-]C(C)(C)C.[Y]. The molecule has 0 saturated carbocycles. The summed E-state index contributed by atoms with van der Waals surface area (Å²) >= 11 is 0. The molecular weight excluding hydrogens is 393 g/mol. The van der Waals surface area contributed by atoms with E-state index in [0.29, 0.717) is 24.5 Å². The van der Waals surface area contributed by atoms with E-state index < -0.39 is 0 Å². The van der Waals surface area contributed by atoms with Crippen LogP contribution >= 0.6 is 0 Å². The second-order valence-electron chi connectivity index (χ2n) is 8.23. The van der Waals surface area contributed by atoms with E-state index in [9.17, 15) is 0 Å². The van der Waals surface area contributed by atoms with Gasteiger partial charge in [0, 0.05) is 32.7 Å². The molecule has 0 fully saturated rings. The van der Waals surface area contributed by atoms with Gasteiger partial charge >= 0.3 is 0 Å². The van der Waals surface area contributed by atoms with Crippen molar-refractivity contribution in [3.63, 3.8) is 0 Å². The van der Waals surface area contributed by atoms with E-state index >= 15 is 0 Å².